The maximum atomic E-state index is 12.4. The second kappa shape index (κ2) is 7.76. The number of carbonyl (C=O) groups is 1. The van der Waals surface area contributed by atoms with E-state index in [1.54, 1.807) is 30.2 Å². The first kappa shape index (κ1) is 17.6. The van der Waals surface area contributed by atoms with Crippen LogP contribution in [0, 0.1) is 0 Å². The third kappa shape index (κ3) is 4.24. The van der Waals surface area contributed by atoms with Crippen molar-refractivity contribution in [1.29, 1.82) is 0 Å². The highest BCUT2D eigenvalue weighted by Crippen LogP contribution is 2.25. The summed E-state index contributed by atoms with van der Waals surface area (Å²) < 4.78 is 5.11. The van der Waals surface area contributed by atoms with Crippen LogP contribution in [-0.2, 0) is 0 Å². The van der Waals surface area contributed by atoms with E-state index in [1.165, 1.54) is 5.69 Å². The third-order valence-electron chi connectivity index (χ3n) is 4.52. The lowest BCUT2D eigenvalue weighted by atomic mass is 10.2. The lowest BCUT2D eigenvalue weighted by Crippen LogP contribution is -3.12. The molecule has 25 heavy (non-hydrogen) atoms. The molecule has 2 aromatic carbocycles. The lowest BCUT2D eigenvalue weighted by molar-refractivity contribution is -0.880. The number of carbonyl (C=O) groups excluding carboxylic acids is 1. The van der Waals surface area contributed by atoms with E-state index in [9.17, 15) is 4.79 Å². The van der Waals surface area contributed by atoms with E-state index in [0.717, 1.165) is 31.9 Å². The molecule has 1 aliphatic heterocycles. The van der Waals surface area contributed by atoms with E-state index in [2.05, 4.69) is 29.4 Å². The molecule has 132 valence electrons. The van der Waals surface area contributed by atoms with Crippen molar-refractivity contribution in [1.82, 2.24) is 0 Å². The van der Waals surface area contributed by atoms with E-state index < -0.39 is 0 Å². The summed E-state index contributed by atoms with van der Waals surface area (Å²) in [6, 6.07) is 13.0. The number of amides is 1. The molecule has 0 atom stereocenters. The van der Waals surface area contributed by atoms with Crippen molar-refractivity contribution in [3.63, 3.8) is 0 Å². The van der Waals surface area contributed by atoms with Gasteiger partial charge in [-0.1, -0.05) is 11.6 Å². The van der Waals surface area contributed by atoms with Gasteiger partial charge >= 0.3 is 0 Å². The second-order valence-corrected chi connectivity index (χ2v) is 6.70. The van der Waals surface area contributed by atoms with Crippen molar-refractivity contribution < 1.29 is 14.4 Å². The van der Waals surface area contributed by atoms with Crippen LogP contribution in [0.4, 0.5) is 11.4 Å². The molecular formula is C19H23ClN3O2+. The summed E-state index contributed by atoms with van der Waals surface area (Å²) in [4.78, 5) is 16.3. The first-order chi connectivity index (χ1) is 12.1. The number of rotatable bonds is 4. The average molecular weight is 361 g/mol. The van der Waals surface area contributed by atoms with Gasteiger partial charge in [0.1, 0.15) is 5.75 Å². The summed E-state index contributed by atoms with van der Waals surface area (Å²) in [7, 11) is 3.77. The van der Waals surface area contributed by atoms with Gasteiger partial charge in [0.2, 0.25) is 0 Å². The van der Waals surface area contributed by atoms with Crippen LogP contribution in [0.3, 0.4) is 0 Å². The number of nitrogens with zero attached hydrogens (tertiary/aromatic N) is 1. The minimum Gasteiger partial charge on any atom is -0.495 e. The number of hydrogen-bond acceptors (Lipinski definition) is 3. The number of quaternary nitrogens is 1. The maximum Gasteiger partial charge on any atom is 0.255 e. The van der Waals surface area contributed by atoms with Gasteiger partial charge in [0, 0.05) is 16.9 Å². The summed E-state index contributed by atoms with van der Waals surface area (Å²) in [5.74, 6) is 0.358. The van der Waals surface area contributed by atoms with E-state index in [4.69, 9.17) is 16.3 Å². The van der Waals surface area contributed by atoms with Crippen LogP contribution >= 0.6 is 11.6 Å². The van der Waals surface area contributed by atoms with Gasteiger partial charge in [-0.05, 0) is 42.5 Å². The number of methoxy groups -OCH3 is 1. The summed E-state index contributed by atoms with van der Waals surface area (Å²) in [6.45, 7) is 4.41. The molecule has 2 aromatic rings. The summed E-state index contributed by atoms with van der Waals surface area (Å²) in [5.41, 5.74) is 2.45. The Labute approximate surface area is 153 Å². The maximum absolute atomic E-state index is 12.4. The van der Waals surface area contributed by atoms with Crippen LogP contribution in [0.2, 0.25) is 5.02 Å². The standard InChI is InChI=1S/C19H22ClN3O2/c1-22-9-11-23(12-10-22)16-6-4-15(5-7-16)21-19(24)14-3-8-18(25-2)17(20)13-14/h3-8,13H,9-12H2,1-2H3,(H,21,24)/p+1. The molecule has 2 N–H and O–H groups in total. The predicted molar refractivity (Wildman–Crippen MR) is 101 cm³/mol. The highest BCUT2D eigenvalue weighted by molar-refractivity contribution is 6.32. The van der Waals surface area contributed by atoms with Crippen molar-refractivity contribution in [2.24, 2.45) is 0 Å². The fourth-order valence-electron chi connectivity index (χ4n) is 2.91. The van der Waals surface area contributed by atoms with Gasteiger partial charge in [0.25, 0.3) is 5.91 Å². The van der Waals surface area contributed by atoms with Gasteiger partial charge in [-0.15, -0.1) is 0 Å². The molecule has 0 bridgehead atoms. The van der Waals surface area contributed by atoms with Gasteiger partial charge in [0.05, 0.1) is 45.4 Å². The summed E-state index contributed by atoms with van der Waals surface area (Å²) >= 11 is 6.08. The van der Waals surface area contributed by atoms with Gasteiger partial charge in [0.15, 0.2) is 0 Å². The van der Waals surface area contributed by atoms with Crippen LogP contribution in [0.5, 0.6) is 5.75 Å². The predicted octanol–water partition coefficient (Wildman–Crippen LogP) is 1.94. The Morgan fingerprint density at radius 2 is 1.84 bits per heavy atom. The Morgan fingerprint density at radius 3 is 2.44 bits per heavy atom. The first-order valence-electron chi connectivity index (χ1n) is 8.38. The number of anilines is 2. The molecule has 0 aromatic heterocycles. The fraction of sp³-hybridized carbons (Fsp3) is 0.316. The fourth-order valence-corrected chi connectivity index (χ4v) is 3.17. The van der Waals surface area contributed by atoms with Crippen LogP contribution in [0.15, 0.2) is 42.5 Å². The number of hydrogen-bond donors (Lipinski definition) is 2. The molecule has 3 rings (SSSR count). The molecule has 1 aliphatic rings. The van der Waals surface area contributed by atoms with Gasteiger partial charge in [-0.2, -0.15) is 0 Å². The van der Waals surface area contributed by atoms with Crippen LogP contribution in [0.1, 0.15) is 10.4 Å². The van der Waals surface area contributed by atoms with Gasteiger partial charge < -0.3 is 19.9 Å². The molecule has 1 heterocycles. The Balaban J connectivity index is 1.65. The number of piperazine rings is 1. The SMILES string of the molecule is COc1ccc(C(=O)Nc2ccc(N3CC[NH+](C)CC3)cc2)cc1Cl. The van der Waals surface area contributed by atoms with Crippen LogP contribution in [0.25, 0.3) is 0 Å². The molecule has 1 saturated heterocycles. The number of likely N-dealkylation sites (N-methyl/N-ethyl adjacent to an activating group) is 1. The minimum absolute atomic E-state index is 0.194. The first-order valence-corrected chi connectivity index (χ1v) is 8.76. The van der Waals surface area contributed by atoms with E-state index in [1.807, 2.05) is 12.1 Å². The zero-order valence-corrected chi connectivity index (χ0v) is 15.3. The largest absolute Gasteiger partial charge is 0.495 e. The molecule has 1 amide bonds. The zero-order valence-electron chi connectivity index (χ0n) is 14.5. The molecular weight excluding hydrogens is 338 g/mol. The van der Waals surface area contributed by atoms with Crippen LogP contribution in [-0.4, -0.2) is 46.2 Å². The Hall–Kier alpha value is -2.24. The monoisotopic (exact) mass is 360 g/mol. The zero-order chi connectivity index (χ0) is 17.8. The number of nitrogens with one attached hydrogen (secondary N) is 2. The highest BCUT2D eigenvalue weighted by Gasteiger charge is 2.17. The lowest BCUT2D eigenvalue weighted by Gasteiger charge is -2.31. The molecule has 0 saturated carbocycles. The van der Waals surface area contributed by atoms with Crippen molar-refractivity contribution in [2.75, 3.05) is 50.6 Å². The molecule has 1 fully saturated rings. The summed E-state index contributed by atoms with van der Waals surface area (Å²) in [6.07, 6.45) is 0. The second-order valence-electron chi connectivity index (χ2n) is 6.29. The molecule has 0 unspecified atom stereocenters. The van der Waals surface area contributed by atoms with Crippen molar-refractivity contribution in [2.45, 2.75) is 0 Å². The molecule has 0 aliphatic carbocycles. The molecule has 6 heteroatoms. The third-order valence-corrected chi connectivity index (χ3v) is 4.82. The minimum atomic E-state index is -0.194. The van der Waals surface area contributed by atoms with Crippen molar-refractivity contribution in [3.05, 3.63) is 53.1 Å². The Bertz CT molecular complexity index is 741. The number of halogens is 1. The number of benzene rings is 2. The van der Waals surface area contributed by atoms with E-state index in [0.29, 0.717) is 16.3 Å². The molecule has 5 nitrogen and oxygen atoms in total. The molecule has 0 radical (unpaired) electrons. The smallest absolute Gasteiger partial charge is 0.255 e. The summed E-state index contributed by atoms with van der Waals surface area (Å²) in [5, 5.41) is 3.32. The normalized spacial score (nSPS) is 15.1. The highest BCUT2D eigenvalue weighted by atomic mass is 35.5. The average Bonchev–Trinajstić information content (AvgIpc) is 2.63. The van der Waals surface area contributed by atoms with E-state index >= 15 is 0 Å². The quantitative estimate of drug-likeness (QED) is 0.876. The van der Waals surface area contributed by atoms with Crippen molar-refractivity contribution in [3.8, 4) is 5.75 Å². The van der Waals surface area contributed by atoms with Crippen LogP contribution < -0.4 is 19.9 Å². The van der Waals surface area contributed by atoms with Crippen molar-refractivity contribution >= 4 is 28.9 Å². The van der Waals surface area contributed by atoms with E-state index in [-0.39, 0.29) is 5.91 Å². The Kier molecular flexibility index (Phi) is 5.46. The Morgan fingerprint density at radius 1 is 1.16 bits per heavy atom. The molecule has 0 spiro atoms. The topological polar surface area (TPSA) is 46.0 Å². The number of ether oxygens (including phenoxy) is 1. The van der Waals surface area contributed by atoms with Gasteiger partial charge in [-0.3, -0.25) is 4.79 Å². The van der Waals surface area contributed by atoms with Gasteiger partial charge in [-0.25, -0.2) is 0 Å².